The second-order valence-electron chi connectivity index (χ2n) is 8.18. The van der Waals surface area contributed by atoms with Crippen LogP contribution in [0, 0.1) is 0 Å². The third-order valence-corrected chi connectivity index (χ3v) is 5.40. The van der Waals surface area contributed by atoms with Gasteiger partial charge in [0, 0.05) is 0 Å². The summed E-state index contributed by atoms with van der Waals surface area (Å²) in [6.45, 7) is 8.46. The van der Waals surface area contributed by atoms with Gasteiger partial charge in [0.25, 0.3) is 0 Å². The van der Waals surface area contributed by atoms with Gasteiger partial charge in [0.15, 0.2) is 0 Å². The number of carbonyl (C=O) groups is 3. The molecule has 3 amide bonds. The molecule has 8 nitrogen and oxygen atoms in total. The zero-order chi connectivity index (χ0) is 20.9. The quantitative estimate of drug-likeness (QED) is 0.768. The third-order valence-electron chi connectivity index (χ3n) is 5.40. The molecule has 2 N–H and O–H groups in total. The van der Waals surface area contributed by atoms with Crippen molar-refractivity contribution in [2.24, 2.45) is 0 Å². The molecule has 2 rings (SSSR count). The molecule has 1 aliphatic rings. The van der Waals surface area contributed by atoms with Gasteiger partial charge in [-0.05, 0) is 33.3 Å². The molecule has 0 aliphatic carbocycles. The van der Waals surface area contributed by atoms with E-state index in [-0.39, 0.29) is 29.6 Å². The van der Waals surface area contributed by atoms with Crippen molar-refractivity contribution in [3.8, 4) is 0 Å². The van der Waals surface area contributed by atoms with E-state index in [1.165, 1.54) is 0 Å². The molecule has 0 aromatic heterocycles. The van der Waals surface area contributed by atoms with Crippen LogP contribution in [0.5, 0.6) is 0 Å². The Bertz CT molecular complexity index is 716. The molecule has 1 fully saturated rings. The fourth-order valence-electron chi connectivity index (χ4n) is 3.60. The number of carbonyl (C=O) groups excluding carboxylic acids is 2. The van der Waals surface area contributed by atoms with Crippen molar-refractivity contribution in [1.82, 2.24) is 10.2 Å². The summed E-state index contributed by atoms with van der Waals surface area (Å²) in [6.07, 6.45) is -1.54. The fraction of sp³-hybridized carbons (Fsp3) is 0.550. The van der Waals surface area contributed by atoms with Gasteiger partial charge >= 0.3 is 12.2 Å². The maximum absolute atomic E-state index is 12.5. The maximum atomic E-state index is 12.5. The smallest absolute Gasteiger partial charge is 0.445 e. The van der Waals surface area contributed by atoms with Gasteiger partial charge in [-0.1, -0.05) is 30.3 Å². The van der Waals surface area contributed by atoms with Crippen molar-refractivity contribution in [2.75, 3.05) is 26.2 Å². The second kappa shape index (κ2) is 8.60. The van der Waals surface area contributed by atoms with Crippen LogP contribution in [0.3, 0.4) is 0 Å². The van der Waals surface area contributed by atoms with Crippen LogP contribution in [0.25, 0.3) is 0 Å². The summed E-state index contributed by atoms with van der Waals surface area (Å²) in [7, 11) is 0. The Morgan fingerprint density at radius 3 is 2.43 bits per heavy atom. The minimum Gasteiger partial charge on any atom is -0.445 e. The van der Waals surface area contributed by atoms with Crippen LogP contribution in [-0.4, -0.2) is 70.3 Å². The first kappa shape index (κ1) is 21.7. The Morgan fingerprint density at radius 2 is 1.89 bits per heavy atom. The number of alkyl carbamates (subject to hydrolysis) is 1. The Kier molecular flexibility index (Phi) is 6.66. The molecule has 1 aliphatic heterocycles. The van der Waals surface area contributed by atoms with E-state index in [0.717, 1.165) is 5.56 Å². The first-order chi connectivity index (χ1) is 13.1. The Hall–Kier alpha value is -2.61. The number of nitrogens with one attached hydrogen (secondary N) is 1. The predicted molar refractivity (Wildman–Crippen MR) is 104 cm³/mol. The van der Waals surface area contributed by atoms with Gasteiger partial charge in [-0.15, -0.1) is 0 Å². The second-order valence-corrected chi connectivity index (χ2v) is 8.18. The number of rotatable bonds is 4. The van der Waals surface area contributed by atoms with E-state index in [9.17, 15) is 19.5 Å². The molecule has 1 heterocycles. The van der Waals surface area contributed by atoms with Crippen LogP contribution >= 0.6 is 0 Å². The van der Waals surface area contributed by atoms with E-state index in [2.05, 4.69) is 5.32 Å². The van der Waals surface area contributed by atoms with Crippen LogP contribution in [0.2, 0.25) is 0 Å². The summed E-state index contributed by atoms with van der Waals surface area (Å²) in [5.41, 5.74) is 0.382. The molecular weight excluding hydrogens is 362 g/mol. The van der Waals surface area contributed by atoms with Crippen molar-refractivity contribution in [2.45, 2.75) is 45.9 Å². The number of piperazine rings is 1. The Morgan fingerprint density at radius 1 is 1.25 bits per heavy atom. The molecule has 2 atom stereocenters. The van der Waals surface area contributed by atoms with E-state index in [1.54, 1.807) is 4.90 Å². The molecule has 28 heavy (non-hydrogen) atoms. The minimum atomic E-state index is -0.880. The van der Waals surface area contributed by atoms with E-state index in [0.29, 0.717) is 19.6 Å². The summed E-state index contributed by atoms with van der Waals surface area (Å²) in [5.74, 6) is -0.249. The average molecular weight is 392 g/mol. The van der Waals surface area contributed by atoms with Crippen LogP contribution in [0.4, 0.5) is 9.59 Å². The number of quaternary nitrogens is 1. The van der Waals surface area contributed by atoms with Crippen molar-refractivity contribution < 1.29 is 28.7 Å². The molecule has 1 saturated heterocycles. The van der Waals surface area contributed by atoms with Gasteiger partial charge in [0.05, 0.1) is 12.6 Å². The number of benzene rings is 1. The highest BCUT2D eigenvalue weighted by Crippen LogP contribution is 2.30. The standard InChI is InChI=1S/C20H29N3O5/c1-15-13-23(19(26)27,20(2,3)4)11-10-22(15)17(24)12-21-18(25)28-14-16-8-6-5-7-9-16/h5-9,15H,10-14H2,1-4H3,(H-,21,25,26,27)/p+1/t15-,23?/m0/s1. The lowest BCUT2D eigenvalue weighted by molar-refractivity contribution is -0.909. The minimum absolute atomic E-state index is 0.0928. The highest BCUT2D eigenvalue weighted by molar-refractivity contribution is 5.82. The van der Waals surface area contributed by atoms with Crippen molar-refractivity contribution in [1.29, 1.82) is 0 Å². The third kappa shape index (κ3) is 4.81. The summed E-state index contributed by atoms with van der Waals surface area (Å²) < 4.78 is 5.01. The number of nitrogens with zero attached hydrogens (tertiary/aromatic N) is 2. The summed E-state index contributed by atoms with van der Waals surface area (Å²) in [4.78, 5) is 37.9. The predicted octanol–water partition coefficient (Wildman–Crippen LogP) is 2.44. The van der Waals surface area contributed by atoms with Gasteiger partial charge in [0.1, 0.15) is 31.8 Å². The van der Waals surface area contributed by atoms with Gasteiger partial charge in [-0.2, -0.15) is 4.79 Å². The van der Waals surface area contributed by atoms with Gasteiger partial charge in [0.2, 0.25) is 5.91 Å². The molecule has 0 radical (unpaired) electrons. The highest BCUT2D eigenvalue weighted by Gasteiger charge is 2.52. The van der Waals surface area contributed by atoms with Crippen molar-refractivity contribution in [3.63, 3.8) is 0 Å². The van der Waals surface area contributed by atoms with Gasteiger partial charge < -0.3 is 20.1 Å². The fourth-order valence-corrected chi connectivity index (χ4v) is 3.60. The molecular formula is C20H30N3O5+. The lowest BCUT2D eigenvalue weighted by atomic mass is 9.97. The largest absolute Gasteiger partial charge is 0.514 e. The zero-order valence-corrected chi connectivity index (χ0v) is 17.0. The van der Waals surface area contributed by atoms with Crippen molar-refractivity contribution >= 4 is 18.1 Å². The van der Waals surface area contributed by atoms with E-state index in [4.69, 9.17) is 4.74 Å². The molecule has 1 aromatic rings. The Labute approximate surface area is 165 Å². The molecule has 0 saturated carbocycles. The van der Waals surface area contributed by atoms with Gasteiger partial charge in [-0.3, -0.25) is 4.79 Å². The first-order valence-electron chi connectivity index (χ1n) is 9.41. The first-order valence-corrected chi connectivity index (χ1v) is 9.41. The highest BCUT2D eigenvalue weighted by atomic mass is 16.5. The lowest BCUT2D eigenvalue weighted by Gasteiger charge is -2.50. The topological polar surface area (TPSA) is 95.9 Å². The molecule has 1 unspecified atom stereocenters. The van der Waals surface area contributed by atoms with E-state index >= 15 is 0 Å². The normalized spacial score (nSPS) is 22.4. The molecule has 8 heteroatoms. The summed E-state index contributed by atoms with van der Waals surface area (Å²) in [6, 6.07) is 9.01. The number of hydrogen-bond acceptors (Lipinski definition) is 4. The number of carboxylic acid groups (broad SMARTS) is 1. The van der Waals surface area contributed by atoms with E-state index < -0.39 is 17.7 Å². The van der Waals surface area contributed by atoms with E-state index in [1.807, 2.05) is 58.0 Å². The zero-order valence-electron chi connectivity index (χ0n) is 17.0. The Balaban J connectivity index is 1.86. The van der Waals surface area contributed by atoms with Crippen LogP contribution < -0.4 is 5.32 Å². The SMILES string of the molecule is C[C@H]1C[N+](C(=O)O)(C(C)(C)C)CCN1C(=O)CNC(=O)OCc1ccccc1. The molecule has 0 bridgehead atoms. The summed E-state index contributed by atoms with van der Waals surface area (Å²) in [5, 5.41) is 12.3. The van der Waals surface area contributed by atoms with Crippen molar-refractivity contribution in [3.05, 3.63) is 35.9 Å². The van der Waals surface area contributed by atoms with Gasteiger partial charge in [-0.25, -0.2) is 9.28 Å². The number of amides is 3. The number of hydrogen-bond donors (Lipinski definition) is 2. The molecule has 1 aromatic carbocycles. The monoisotopic (exact) mass is 392 g/mol. The van der Waals surface area contributed by atoms with Crippen LogP contribution in [0.15, 0.2) is 30.3 Å². The lowest BCUT2D eigenvalue weighted by Crippen LogP contribution is -2.72. The molecule has 154 valence electrons. The summed E-state index contributed by atoms with van der Waals surface area (Å²) >= 11 is 0. The van der Waals surface area contributed by atoms with Crippen LogP contribution in [0.1, 0.15) is 33.3 Å². The van der Waals surface area contributed by atoms with Crippen LogP contribution in [-0.2, 0) is 16.1 Å². The maximum Gasteiger partial charge on any atom is 0.514 e. The average Bonchev–Trinajstić information content (AvgIpc) is 2.64. The molecule has 0 spiro atoms. The number of ether oxygens (including phenoxy) is 1.